The number of anilines is 1. The van der Waals surface area contributed by atoms with Crippen molar-refractivity contribution in [2.24, 2.45) is 5.92 Å². The first-order valence-electron chi connectivity index (χ1n) is 7.27. The van der Waals surface area contributed by atoms with Crippen LogP contribution < -0.4 is 5.32 Å². The third kappa shape index (κ3) is 4.01. The summed E-state index contributed by atoms with van der Waals surface area (Å²) in [5.41, 5.74) is 0.889. The molecular weight excluding hydrogens is 346 g/mol. The second-order valence-electron chi connectivity index (χ2n) is 5.51. The molecule has 2 aromatic rings. The van der Waals surface area contributed by atoms with Crippen LogP contribution in [0.25, 0.3) is 10.8 Å². The zero-order chi connectivity index (χ0) is 14.7. The Kier molecular flexibility index (Phi) is 4.86. The van der Waals surface area contributed by atoms with Crippen molar-refractivity contribution < 1.29 is 4.79 Å². The molecule has 1 amide bonds. The number of carbonyl (C=O) groups is 1. The van der Waals surface area contributed by atoms with Gasteiger partial charge >= 0.3 is 0 Å². The van der Waals surface area contributed by atoms with Gasteiger partial charge in [0, 0.05) is 16.6 Å². The van der Waals surface area contributed by atoms with Crippen molar-refractivity contribution in [2.75, 3.05) is 16.8 Å². The van der Waals surface area contributed by atoms with Gasteiger partial charge in [-0.25, -0.2) is 0 Å². The van der Waals surface area contributed by atoms with E-state index in [0.29, 0.717) is 12.3 Å². The zero-order valence-corrected chi connectivity index (χ0v) is 14.2. The van der Waals surface area contributed by atoms with Crippen molar-refractivity contribution in [2.45, 2.75) is 19.3 Å². The van der Waals surface area contributed by atoms with Crippen molar-refractivity contribution in [1.29, 1.82) is 0 Å². The first-order valence-corrected chi connectivity index (χ1v) is 9.22. The lowest BCUT2D eigenvalue weighted by Gasteiger charge is -2.20. The Bertz CT molecular complexity index is 652. The van der Waals surface area contributed by atoms with Crippen molar-refractivity contribution in [3.63, 3.8) is 0 Å². The van der Waals surface area contributed by atoms with E-state index in [1.807, 2.05) is 36.0 Å². The summed E-state index contributed by atoms with van der Waals surface area (Å²) in [5, 5.41) is 5.35. The van der Waals surface area contributed by atoms with Gasteiger partial charge in [-0.3, -0.25) is 4.79 Å². The maximum Gasteiger partial charge on any atom is 0.224 e. The number of benzene rings is 2. The first-order chi connectivity index (χ1) is 10.2. The molecule has 0 bridgehead atoms. The molecule has 1 N–H and O–H groups in total. The van der Waals surface area contributed by atoms with E-state index in [-0.39, 0.29) is 5.91 Å². The minimum Gasteiger partial charge on any atom is -0.326 e. The monoisotopic (exact) mass is 363 g/mol. The highest BCUT2D eigenvalue weighted by atomic mass is 79.9. The fourth-order valence-corrected chi connectivity index (χ4v) is 4.30. The third-order valence-electron chi connectivity index (χ3n) is 3.90. The second-order valence-corrected chi connectivity index (χ2v) is 7.65. The zero-order valence-electron chi connectivity index (χ0n) is 11.8. The predicted molar refractivity (Wildman–Crippen MR) is 94.9 cm³/mol. The normalized spacial score (nSPS) is 16.0. The van der Waals surface area contributed by atoms with Crippen LogP contribution >= 0.6 is 27.7 Å². The first kappa shape index (κ1) is 14.9. The molecule has 1 saturated heterocycles. The molecule has 110 valence electrons. The van der Waals surface area contributed by atoms with Crippen molar-refractivity contribution in [1.82, 2.24) is 0 Å². The third-order valence-corrected chi connectivity index (χ3v) is 5.44. The highest BCUT2D eigenvalue weighted by Crippen LogP contribution is 2.26. The van der Waals surface area contributed by atoms with Crippen LogP contribution in [0.1, 0.15) is 19.3 Å². The number of amides is 1. The van der Waals surface area contributed by atoms with Crippen LogP contribution in [0.2, 0.25) is 0 Å². The fraction of sp³-hybridized carbons (Fsp3) is 0.353. The maximum atomic E-state index is 12.1. The fourth-order valence-electron chi connectivity index (χ4n) is 2.72. The number of hydrogen-bond acceptors (Lipinski definition) is 2. The molecule has 1 aliphatic heterocycles. The van der Waals surface area contributed by atoms with Gasteiger partial charge in [0.1, 0.15) is 0 Å². The van der Waals surface area contributed by atoms with E-state index in [1.54, 1.807) is 0 Å². The quantitative estimate of drug-likeness (QED) is 0.824. The van der Waals surface area contributed by atoms with Crippen molar-refractivity contribution >= 4 is 50.1 Å². The lowest BCUT2D eigenvalue weighted by atomic mass is 9.98. The summed E-state index contributed by atoms with van der Waals surface area (Å²) < 4.78 is 1.07. The number of nitrogens with one attached hydrogen (secondary N) is 1. The number of thioether (sulfide) groups is 1. The Morgan fingerprint density at radius 1 is 1.14 bits per heavy atom. The van der Waals surface area contributed by atoms with Crippen LogP contribution in [0.3, 0.4) is 0 Å². The molecule has 0 radical (unpaired) electrons. The van der Waals surface area contributed by atoms with Crippen LogP contribution in [0.15, 0.2) is 40.9 Å². The molecule has 21 heavy (non-hydrogen) atoms. The van der Waals surface area contributed by atoms with E-state index in [9.17, 15) is 4.79 Å². The van der Waals surface area contributed by atoms with Crippen molar-refractivity contribution in [3.05, 3.63) is 40.9 Å². The molecule has 0 spiro atoms. The highest BCUT2D eigenvalue weighted by Gasteiger charge is 2.17. The standard InChI is InChI=1S/C17H18BrNOS/c18-15-3-1-14-11-16(4-2-13(14)10-15)19-17(20)9-12-5-7-21-8-6-12/h1-4,10-12H,5-9H2,(H,19,20). The van der Waals surface area contributed by atoms with E-state index in [2.05, 4.69) is 33.4 Å². The van der Waals surface area contributed by atoms with Gasteiger partial charge in [-0.05, 0) is 65.3 Å². The molecule has 1 aliphatic rings. The lowest BCUT2D eigenvalue weighted by Crippen LogP contribution is -2.19. The summed E-state index contributed by atoms with van der Waals surface area (Å²) in [6.07, 6.45) is 2.99. The number of halogens is 1. The van der Waals surface area contributed by atoms with E-state index in [1.165, 1.54) is 29.7 Å². The number of hydrogen-bond donors (Lipinski definition) is 1. The van der Waals surface area contributed by atoms with Crippen LogP contribution in [0.5, 0.6) is 0 Å². The number of carbonyl (C=O) groups excluding carboxylic acids is 1. The van der Waals surface area contributed by atoms with Gasteiger partial charge in [-0.2, -0.15) is 11.8 Å². The van der Waals surface area contributed by atoms with Gasteiger partial charge in [-0.15, -0.1) is 0 Å². The van der Waals surface area contributed by atoms with E-state index >= 15 is 0 Å². The van der Waals surface area contributed by atoms with Gasteiger partial charge in [-0.1, -0.05) is 28.1 Å². The van der Waals surface area contributed by atoms with Gasteiger partial charge in [0.25, 0.3) is 0 Å². The molecule has 0 aromatic heterocycles. The second kappa shape index (κ2) is 6.84. The van der Waals surface area contributed by atoms with E-state index in [0.717, 1.165) is 15.5 Å². The summed E-state index contributed by atoms with van der Waals surface area (Å²) in [4.78, 5) is 12.1. The summed E-state index contributed by atoms with van der Waals surface area (Å²) >= 11 is 5.47. The SMILES string of the molecule is O=C(CC1CCSCC1)Nc1ccc2cc(Br)ccc2c1. The van der Waals surface area contributed by atoms with E-state index in [4.69, 9.17) is 0 Å². The van der Waals surface area contributed by atoms with Crippen LogP contribution in [-0.2, 0) is 4.79 Å². The number of fused-ring (bicyclic) bond motifs is 1. The van der Waals surface area contributed by atoms with Crippen molar-refractivity contribution in [3.8, 4) is 0 Å². The molecule has 2 nitrogen and oxygen atoms in total. The van der Waals surface area contributed by atoms with Gasteiger partial charge in [0.05, 0.1) is 0 Å². The molecule has 4 heteroatoms. The Hall–Kier alpha value is -1.00. The largest absolute Gasteiger partial charge is 0.326 e. The minimum absolute atomic E-state index is 0.142. The molecule has 0 saturated carbocycles. The summed E-state index contributed by atoms with van der Waals surface area (Å²) in [6.45, 7) is 0. The van der Waals surface area contributed by atoms with Gasteiger partial charge in [0.15, 0.2) is 0 Å². The molecular formula is C17H18BrNOS. The van der Waals surface area contributed by atoms with Crippen LogP contribution in [0, 0.1) is 5.92 Å². The van der Waals surface area contributed by atoms with Crippen LogP contribution in [0.4, 0.5) is 5.69 Å². The Balaban J connectivity index is 1.66. The summed E-state index contributed by atoms with van der Waals surface area (Å²) in [5.74, 6) is 3.09. The Morgan fingerprint density at radius 3 is 2.67 bits per heavy atom. The smallest absolute Gasteiger partial charge is 0.224 e. The molecule has 1 heterocycles. The minimum atomic E-state index is 0.142. The van der Waals surface area contributed by atoms with Gasteiger partial charge in [0.2, 0.25) is 5.91 Å². The predicted octanol–water partition coefficient (Wildman–Crippen LogP) is 5.07. The molecule has 1 fully saturated rings. The topological polar surface area (TPSA) is 29.1 Å². The average Bonchev–Trinajstić information content (AvgIpc) is 2.48. The number of rotatable bonds is 3. The Labute approximate surface area is 137 Å². The highest BCUT2D eigenvalue weighted by molar-refractivity contribution is 9.10. The maximum absolute atomic E-state index is 12.1. The summed E-state index contributed by atoms with van der Waals surface area (Å²) in [6, 6.07) is 12.2. The molecule has 0 unspecified atom stereocenters. The van der Waals surface area contributed by atoms with Crippen LogP contribution in [-0.4, -0.2) is 17.4 Å². The molecule has 3 rings (SSSR count). The molecule has 2 aromatic carbocycles. The molecule has 0 aliphatic carbocycles. The molecule has 0 atom stereocenters. The van der Waals surface area contributed by atoms with E-state index < -0.39 is 0 Å². The van der Waals surface area contributed by atoms with Gasteiger partial charge < -0.3 is 5.32 Å². The lowest BCUT2D eigenvalue weighted by molar-refractivity contribution is -0.117. The average molecular weight is 364 g/mol. The Morgan fingerprint density at radius 2 is 1.86 bits per heavy atom. The summed E-state index contributed by atoms with van der Waals surface area (Å²) in [7, 11) is 0.